The number of anilines is 1. The molecule has 0 aliphatic heterocycles. The minimum Gasteiger partial charge on any atom is -0.353 e. The van der Waals surface area contributed by atoms with Gasteiger partial charge in [0.15, 0.2) is 5.82 Å². The van der Waals surface area contributed by atoms with Crippen molar-refractivity contribution in [3.8, 4) is 0 Å². The molecule has 0 saturated carbocycles. The summed E-state index contributed by atoms with van der Waals surface area (Å²) in [7, 11) is 1.95. The summed E-state index contributed by atoms with van der Waals surface area (Å²) in [5.74, 6) is 1.34. The maximum atomic E-state index is 5.81. The second-order valence-corrected chi connectivity index (χ2v) is 3.74. The van der Waals surface area contributed by atoms with Gasteiger partial charge in [0.1, 0.15) is 6.33 Å². The van der Waals surface area contributed by atoms with Gasteiger partial charge in [-0.2, -0.15) is 0 Å². The summed E-state index contributed by atoms with van der Waals surface area (Å²) in [5, 5.41) is 7.86. The van der Waals surface area contributed by atoms with E-state index >= 15 is 0 Å². The lowest BCUT2D eigenvalue weighted by Gasteiger charge is -2.23. The Hall–Kier alpha value is -1.36. The fourth-order valence-corrected chi connectivity index (χ4v) is 1.51. The molecule has 0 bridgehead atoms. The summed E-state index contributed by atoms with van der Waals surface area (Å²) in [4.78, 5) is 6.29. The van der Waals surface area contributed by atoms with E-state index in [9.17, 15) is 0 Å². The Morgan fingerprint density at radius 1 is 1.60 bits per heavy atom. The molecule has 0 saturated heterocycles. The maximum Gasteiger partial charge on any atom is 0.203 e. The molecule has 0 spiro atoms. The van der Waals surface area contributed by atoms with E-state index in [-0.39, 0.29) is 6.04 Å². The molecule has 15 heavy (non-hydrogen) atoms. The van der Waals surface area contributed by atoms with Crippen molar-refractivity contribution >= 4 is 23.1 Å². The molecule has 0 amide bonds. The van der Waals surface area contributed by atoms with Crippen LogP contribution in [0.25, 0.3) is 5.65 Å². The molecule has 2 aromatic heterocycles. The maximum absolute atomic E-state index is 5.81. The first kappa shape index (κ1) is 10.2. The van der Waals surface area contributed by atoms with Crippen molar-refractivity contribution in [3.05, 3.63) is 18.7 Å². The number of aromatic nitrogens is 4. The van der Waals surface area contributed by atoms with Crippen molar-refractivity contribution in [2.45, 2.75) is 13.0 Å². The van der Waals surface area contributed by atoms with Crippen molar-refractivity contribution in [1.82, 2.24) is 19.6 Å². The molecule has 1 unspecified atom stereocenters. The van der Waals surface area contributed by atoms with E-state index in [0.29, 0.717) is 5.88 Å². The number of hydrogen-bond acceptors (Lipinski definition) is 4. The smallest absolute Gasteiger partial charge is 0.203 e. The lowest BCUT2D eigenvalue weighted by Crippen LogP contribution is -2.31. The summed E-state index contributed by atoms with van der Waals surface area (Å²) in [6.07, 6.45) is 5.20. The monoisotopic (exact) mass is 225 g/mol. The summed E-state index contributed by atoms with van der Waals surface area (Å²) < 4.78 is 1.83. The van der Waals surface area contributed by atoms with Crippen LogP contribution < -0.4 is 4.90 Å². The van der Waals surface area contributed by atoms with Gasteiger partial charge in [0, 0.05) is 31.4 Å². The van der Waals surface area contributed by atoms with E-state index in [1.807, 2.05) is 29.5 Å². The van der Waals surface area contributed by atoms with Gasteiger partial charge in [0.2, 0.25) is 5.65 Å². The fourth-order valence-electron chi connectivity index (χ4n) is 1.31. The second kappa shape index (κ2) is 4.02. The molecule has 6 heteroatoms. The van der Waals surface area contributed by atoms with Crippen LogP contribution in [0.1, 0.15) is 6.92 Å². The van der Waals surface area contributed by atoms with Crippen LogP contribution in [0.15, 0.2) is 18.7 Å². The van der Waals surface area contributed by atoms with Crippen LogP contribution in [0.5, 0.6) is 0 Å². The number of hydrogen-bond donors (Lipinski definition) is 0. The zero-order valence-electron chi connectivity index (χ0n) is 8.63. The van der Waals surface area contributed by atoms with Gasteiger partial charge in [-0.1, -0.05) is 0 Å². The molecule has 80 valence electrons. The third-order valence-corrected chi connectivity index (χ3v) is 2.86. The first-order valence-electron chi connectivity index (χ1n) is 4.67. The molecule has 1 atom stereocenters. The number of halogens is 1. The molecule has 0 radical (unpaired) electrons. The van der Waals surface area contributed by atoms with Crippen LogP contribution in [0.4, 0.5) is 5.82 Å². The Kier molecular flexibility index (Phi) is 2.73. The van der Waals surface area contributed by atoms with Crippen molar-refractivity contribution < 1.29 is 0 Å². The van der Waals surface area contributed by atoms with Gasteiger partial charge in [0.25, 0.3) is 0 Å². The largest absolute Gasteiger partial charge is 0.353 e. The third kappa shape index (κ3) is 1.74. The number of alkyl halides is 1. The van der Waals surface area contributed by atoms with Gasteiger partial charge >= 0.3 is 0 Å². The van der Waals surface area contributed by atoms with Crippen molar-refractivity contribution in [2.24, 2.45) is 0 Å². The van der Waals surface area contributed by atoms with Gasteiger partial charge < -0.3 is 4.90 Å². The zero-order chi connectivity index (χ0) is 10.8. The average molecular weight is 226 g/mol. The number of rotatable bonds is 3. The van der Waals surface area contributed by atoms with E-state index in [1.54, 1.807) is 12.5 Å². The van der Waals surface area contributed by atoms with E-state index in [0.717, 1.165) is 11.5 Å². The second-order valence-electron chi connectivity index (χ2n) is 3.43. The highest BCUT2D eigenvalue weighted by Crippen LogP contribution is 2.16. The Balaban J connectivity index is 2.46. The summed E-state index contributed by atoms with van der Waals surface area (Å²) in [6, 6.07) is 0.210. The van der Waals surface area contributed by atoms with Crippen LogP contribution in [0.2, 0.25) is 0 Å². The molecule has 0 aliphatic carbocycles. The van der Waals surface area contributed by atoms with E-state index in [1.165, 1.54) is 0 Å². The lowest BCUT2D eigenvalue weighted by molar-refractivity contribution is 0.748. The van der Waals surface area contributed by atoms with E-state index in [4.69, 9.17) is 11.6 Å². The van der Waals surface area contributed by atoms with E-state index in [2.05, 4.69) is 15.2 Å². The highest BCUT2D eigenvalue weighted by molar-refractivity contribution is 6.18. The number of fused-ring (bicyclic) bond motifs is 1. The minimum absolute atomic E-state index is 0.210. The quantitative estimate of drug-likeness (QED) is 0.737. The normalized spacial score (nSPS) is 13.0. The molecule has 2 aromatic rings. The molecule has 2 heterocycles. The Bertz CT molecular complexity index is 454. The molecular formula is C9H12ClN5. The first-order chi connectivity index (χ1) is 7.24. The average Bonchev–Trinajstić information content (AvgIpc) is 2.74. The summed E-state index contributed by atoms with van der Waals surface area (Å²) >= 11 is 5.81. The molecule has 0 aliphatic rings. The van der Waals surface area contributed by atoms with Crippen LogP contribution in [0.3, 0.4) is 0 Å². The lowest BCUT2D eigenvalue weighted by atomic mass is 10.3. The summed E-state index contributed by atoms with van der Waals surface area (Å²) in [6.45, 7) is 2.04. The molecular weight excluding hydrogens is 214 g/mol. The Labute approximate surface area is 92.7 Å². The zero-order valence-corrected chi connectivity index (χ0v) is 9.39. The molecule has 0 aromatic carbocycles. The predicted molar refractivity (Wildman–Crippen MR) is 59.4 cm³/mol. The highest BCUT2D eigenvalue weighted by Gasteiger charge is 2.14. The molecule has 2 rings (SSSR count). The van der Waals surface area contributed by atoms with Gasteiger partial charge in [-0.3, -0.25) is 4.40 Å². The standard InChI is InChI=1S/C9H12ClN5/c1-7(5-10)14(2)8-9-13-12-6-15(9)4-3-11-8/h3-4,6-7H,5H2,1-2H3. The van der Waals surface area contributed by atoms with Crippen LogP contribution in [0, 0.1) is 0 Å². The van der Waals surface area contributed by atoms with Gasteiger partial charge in [0.05, 0.1) is 0 Å². The van der Waals surface area contributed by atoms with Crippen molar-refractivity contribution in [1.29, 1.82) is 0 Å². The third-order valence-electron chi connectivity index (χ3n) is 2.42. The predicted octanol–water partition coefficient (Wildman–Crippen LogP) is 1.19. The minimum atomic E-state index is 0.210. The van der Waals surface area contributed by atoms with Gasteiger partial charge in [-0.15, -0.1) is 21.8 Å². The number of nitrogens with zero attached hydrogens (tertiary/aromatic N) is 5. The van der Waals surface area contributed by atoms with Gasteiger partial charge in [-0.25, -0.2) is 4.98 Å². The van der Waals surface area contributed by atoms with Crippen LogP contribution >= 0.6 is 11.6 Å². The molecule has 0 N–H and O–H groups in total. The highest BCUT2D eigenvalue weighted by atomic mass is 35.5. The van der Waals surface area contributed by atoms with Crippen LogP contribution in [-0.2, 0) is 0 Å². The SMILES string of the molecule is CC(CCl)N(C)c1nccn2cnnc12. The Morgan fingerprint density at radius 3 is 3.13 bits per heavy atom. The van der Waals surface area contributed by atoms with E-state index < -0.39 is 0 Å². The topological polar surface area (TPSA) is 46.3 Å². The molecule has 5 nitrogen and oxygen atoms in total. The first-order valence-corrected chi connectivity index (χ1v) is 5.20. The summed E-state index contributed by atoms with van der Waals surface area (Å²) in [5.41, 5.74) is 0.747. The fraction of sp³-hybridized carbons (Fsp3) is 0.444. The van der Waals surface area contributed by atoms with Crippen molar-refractivity contribution in [2.75, 3.05) is 17.8 Å². The van der Waals surface area contributed by atoms with Crippen LogP contribution in [-0.4, -0.2) is 38.6 Å². The van der Waals surface area contributed by atoms with Gasteiger partial charge in [-0.05, 0) is 6.92 Å². The molecule has 0 fully saturated rings. The van der Waals surface area contributed by atoms with Crippen molar-refractivity contribution in [3.63, 3.8) is 0 Å². The Morgan fingerprint density at radius 2 is 2.40 bits per heavy atom.